The van der Waals surface area contributed by atoms with Crippen molar-refractivity contribution in [2.45, 2.75) is 13.8 Å². The van der Waals surface area contributed by atoms with Gasteiger partial charge in [0, 0.05) is 18.3 Å². The van der Waals surface area contributed by atoms with Crippen LogP contribution < -0.4 is 16.8 Å². The molecule has 9 heteroatoms. The highest BCUT2D eigenvalue weighted by Gasteiger charge is 2.26. The zero-order chi connectivity index (χ0) is 22.7. The third kappa shape index (κ3) is 4.77. The second kappa shape index (κ2) is 8.78. The number of hydrogen-bond acceptors (Lipinski definition) is 6. The van der Waals surface area contributed by atoms with Crippen LogP contribution in [0.5, 0.6) is 11.5 Å². The third-order valence-electron chi connectivity index (χ3n) is 5.15. The molecule has 1 aliphatic heterocycles. The number of nitrogens with one attached hydrogen (secondary N) is 1. The SMILES string of the molecule is Cc1ccc(C(N)=C(C(N)=O)C2=NCCN(C(=O)Nc3ccc(O)c(O)c3)C2)cc1C. The predicted molar refractivity (Wildman–Crippen MR) is 119 cm³/mol. The minimum atomic E-state index is -0.722. The van der Waals surface area contributed by atoms with E-state index in [1.165, 1.54) is 23.1 Å². The topological polar surface area (TPSA) is 154 Å². The Hall–Kier alpha value is -4.01. The monoisotopic (exact) mass is 423 g/mol. The molecule has 31 heavy (non-hydrogen) atoms. The first-order valence-electron chi connectivity index (χ1n) is 9.66. The van der Waals surface area contributed by atoms with Crippen LogP contribution in [-0.4, -0.2) is 52.4 Å². The predicted octanol–water partition coefficient (Wildman–Crippen LogP) is 1.86. The summed E-state index contributed by atoms with van der Waals surface area (Å²) >= 11 is 0. The van der Waals surface area contributed by atoms with Gasteiger partial charge < -0.3 is 31.9 Å². The van der Waals surface area contributed by atoms with Crippen molar-refractivity contribution in [2.24, 2.45) is 16.5 Å². The molecule has 0 aliphatic carbocycles. The van der Waals surface area contributed by atoms with Crippen LogP contribution in [0.3, 0.4) is 0 Å². The van der Waals surface area contributed by atoms with Gasteiger partial charge in [-0.1, -0.05) is 12.1 Å². The molecule has 1 aliphatic rings. The fourth-order valence-corrected chi connectivity index (χ4v) is 3.23. The molecule has 2 aromatic rings. The highest BCUT2D eigenvalue weighted by atomic mass is 16.3. The first-order valence-corrected chi connectivity index (χ1v) is 9.66. The molecule has 0 bridgehead atoms. The lowest BCUT2D eigenvalue weighted by Gasteiger charge is -2.28. The number of urea groups is 1. The highest BCUT2D eigenvalue weighted by Crippen LogP contribution is 2.27. The quantitative estimate of drug-likeness (QED) is 0.288. The summed E-state index contributed by atoms with van der Waals surface area (Å²) < 4.78 is 0. The Morgan fingerprint density at radius 3 is 2.42 bits per heavy atom. The first kappa shape index (κ1) is 21.7. The Labute approximate surface area is 179 Å². The Balaban J connectivity index is 1.84. The number of carbonyl (C=O) groups is 2. The minimum absolute atomic E-state index is 0.0414. The number of aryl methyl sites for hydroxylation is 2. The number of nitrogens with zero attached hydrogens (tertiary/aromatic N) is 2. The van der Waals surface area contributed by atoms with Crippen LogP contribution in [0.15, 0.2) is 47.0 Å². The van der Waals surface area contributed by atoms with E-state index < -0.39 is 11.9 Å². The summed E-state index contributed by atoms with van der Waals surface area (Å²) in [6.45, 7) is 4.57. The third-order valence-corrected chi connectivity index (χ3v) is 5.15. The number of aliphatic imine (C=N–C) groups is 1. The largest absolute Gasteiger partial charge is 0.504 e. The number of phenolic OH excluding ortho intramolecular Hbond substituents is 2. The summed E-state index contributed by atoms with van der Waals surface area (Å²) in [6, 6.07) is 9.10. The molecule has 9 nitrogen and oxygen atoms in total. The van der Waals surface area contributed by atoms with Crippen LogP contribution in [0.1, 0.15) is 16.7 Å². The van der Waals surface area contributed by atoms with Gasteiger partial charge in [-0.3, -0.25) is 9.79 Å². The zero-order valence-electron chi connectivity index (χ0n) is 17.3. The molecule has 0 radical (unpaired) electrons. The molecule has 162 valence electrons. The molecule has 0 aromatic heterocycles. The lowest BCUT2D eigenvalue weighted by molar-refractivity contribution is -0.114. The van der Waals surface area contributed by atoms with Crippen LogP contribution >= 0.6 is 0 Å². The molecule has 0 atom stereocenters. The van der Waals surface area contributed by atoms with Crippen LogP contribution in [0, 0.1) is 13.8 Å². The van der Waals surface area contributed by atoms with E-state index in [1.54, 1.807) is 0 Å². The van der Waals surface area contributed by atoms with E-state index in [0.29, 0.717) is 23.5 Å². The number of hydrogen-bond donors (Lipinski definition) is 5. The second-order valence-corrected chi connectivity index (χ2v) is 7.34. The van der Waals surface area contributed by atoms with Crippen molar-refractivity contribution in [1.82, 2.24) is 4.90 Å². The summed E-state index contributed by atoms with van der Waals surface area (Å²) in [6.07, 6.45) is 0. The Bertz CT molecular complexity index is 1110. The molecule has 1 heterocycles. The number of aromatic hydroxyl groups is 2. The van der Waals surface area contributed by atoms with Crippen molar-refractivity contribution in [3.05, 3.63) is 58.7 Å². The van der Waals surface area contributed by atoms with Gasteiger partial charge in [0.05, 0.1) is 30.1 Å². The standard InChI is InChI=1S/C22H25N5O4/c1-12-3-4-14(9-13(12)2)20(23)19(21(24)30)16-11-27(8-7-25-16)22(31)26-15-5-6-17(28)18(29)10-15/h3-6,9-10,28-29H,7-8,11,23H2,1-2H3,(H2,24,30)(H,26,31). The maximum atomic E-state index is 12.7. The van der Waals surface area contributed by atoms with E-state index in [1.807, 2.05) is 32.0 Å². The number of anilines is 1. The number of nitrogens with two attached hydrogens (primary N) is 2. The molecule has 7 N–H and O–H groups in total. The molecule has 3 rings (SSSR count). The first-order chi connectivity index (χ1) is 14.7. The van der Waals surface area contributed by atoms with Crippen molar-refractivity contribution >= 4 is 29.0 Å². The van der Waals surface area contributed by atoms with Gasteiger partial charge in [-0.05, 0) is 48.7 Å². The summed E-state index contributed by atoms with van der Waals surface area (Å²) in [4.78, 5) is 30.8. The van der Waals surface area contributed by atoms with E-state index in [9.17, 15) is 19.8 Å². The summed E-state index contributed by atoms with van der Waals surface area (Å²) in [7, 11) is 0. The molecule has 2 aromatic carbocycles. The van der Waals surface area contributed by atoms with Gasteiger partial charge in [0.25, 0.3) is 5.91 Å². The average Bonchev–Trinajstić information content (AvgIpc) is 2.72. The maximum Gasteiger partial charge on any atom is 0.322 e. The summed E-state index contributed by atoms with van der Waals surface area (Å²) in [5.41, 5.74) is 15.6. The fourth-order valence-electron chi connectivity index (χ4n) is 3.23. The van der Waals surface area contributed by atoms with Crippen molar-refractivity contribution in [3.63, 3.8) is 0 Å². The maximum absolute atomic E-state index is 12.7. The molecule has 0 saturated heterocycles. The molecule has 3 amide bonds. The molecule has 0 saturated carbocycles. The van der Waals surface area contributed by atoms with E-state index >= 15 is 0 Å². The van der Waals surface area contributed by atoms with Crippen molar-refractivity contribution in [1.29, 1.82) is 0 Å². The molecular weight excluding hydrogens is 398 g/mol. The van der Waals surface area contributed by atoms with Gasteiger partial charge in [0.2, 0.25) is 0 Å². The van der Waals surface area contributed by atoms with Gasteiger partial charge in [-0.2, -0.15) is 0 Å². The minimum Gasteiger partial charge on any atom is -0.504 e. The summed E-state index contributed by atoms with van der Waals surface area (Å²) in [5.74, 6) is -1.36. The number of rotatable bonds is 4. The second-order valence-electron chi connectivity index (χ2n) is 7.34. The molecule has 0 fully saturated rings. The van der Waals surface area contributed by atoms with Gasteiger partial charge in [0.1, 0.15) is 0 Å². The van der Waals surface area contributed by atoms with E-state index in [2.05, 4.69) is 10.3 Å². The highest BCUT2D eigenvalue weighted by molar-refractivity contribution is 6.27. The van der Waals surface area contributed by atoms with E-state index in [-0.39, 0.29) is 35.9 Å². The van der Waals surface area contributed by atoms with Crippen molar-refractivity contribution in [2.75, 3.05) is 25.0 Å². The lowest BCUT2D eigenvalue weighted by atomic mass is 9.98. The normalized spacial score (nSPS) is 14.5. The van der Waals surface area contributed by atoms with E-state index in [4.69, 9.17) is 11.5 Å². The number of phenols is 2. The van der Waals surface area contributed by atoms with Crippen LogP contribution in [0.4, 0.5) is 10.5 Å². The molecule has 0 unspecified atom stereocenters. The number of primary amides is 1. The van der Waals surface area contributed by atoms with Gasteiger partial charge >= 0.3 is 6.03 Å². The number of benzene rings is 2. The van der Waals surface area contributed by atoms with Gasteiger partial charge in [0.15, 0.2) is 11.5 Å². The summed E-state index contributed by atoms with van der Waals surface area (Å²) in [5, 5.41) is 21.6. The Kier molecular flexibility index (Phi) is 6.15. The fraction of sp³-hybridized carbons (Fsp3) is 0.227. The Morgan fingerprint density at radius 2 is 1.77 bits per heavy atom. The number of carbonyl (C=O) groups excluding carboxylic acids is 2. The van der Waals surface area contributed by atoms with Gasteiger partial charge in [-0.25, -0.2) is 4.79 Å². The van der Waals surface area contributed by atoms with Crippen LogP contribution in [0.25, 0.3) is 5.70 Å². The van der Waals surface area contributed by atoms with Crippen LogP contribution in [-0.2, 0) is 4.79 Å². The Morgan fingerprint density at radius 1 is 1.03 bits per heavy atom. The molecular formula is C22H25N5O4. The smallest absolute Gasteiger partial charge is 0.322 e. The van der Waals surface area contributed by atoms with E-state index in [0.717, 1.165) is 11.1 Å². The molecule has 0 spiro atoms. The van der Waals surface area contributed by atoms with Crippen molar-refractivity contribution < 1.29 is 19.8 Å². The average molecular weight is 423 g/mol. The van der Waals surface area contributed by atoms with Crippen LogP contribution in [0.2, 0.25) is 0 Å². The van der Waals surface area contributed by atoms with Crippen molar-refractivity contribution in [3.8, 4) is 11.5 Å². The zero-order valence-corrected chi connectivity index (χ0v) is 17.3. The lowest BCUT2D eigenvalue weighted by Crippen LogP contribution is -2.45. The number of amides is 3. The van der Waals surface area contributed by atoms with Gasteiger partial charge in [-0.15, -0.1) is 0 Å².